The summed E-state index contributed by atoms with van der Waals surface area (Å²) in [7, 11) is 2.96. The summed E-state index contributed by atoms with van der Waals surface area (Å²) in [6.45, 7) is -0.0873. The number of carbonyl (C=O) groups is 2. The zero-order chi connectivity index (χ0) is 18.9. The first-order chi connectivity index (χ1) is 12.5. The van der Waals surface area contributed by atoms with E-state index >= 15 is 0 Å². The molecule has 9 heteroatoms. The Morgan fingerprint density at radius 2 is 2.00 bits per heavy atom. The number of rotatable bonds is 10. The SMILES string of the molecule is COCC(NC(=O)CCCc1nc(-c2ccc(OC)cc2)no1)C(=O)O. The van der Waals surface area contributed by atoms with E-state index in [2.05, 4.69) is 15.5 Å². The van der Waals surface area contributed by atoms with Gasteiger partial charge in [0.1, 0.15) is 5.75 Å². The highest BCUT2D eigenvalue weighted by molar-refractivity contribution is 5.83. The number of amides is 1. The lowest BCUT2D eigenvalue weighted by molar-refractivity contribution is -0.143. The van der Waals surface area contributed by atoms with E-state index < -0.39 is 12.0 Å². The molecule has 2 aromatic rings. The zero-order valence-corrected chi connectivity index (χ0v) is 14.6. The summed E-state index contributed by atoms with van der Waals surface area (Å²) in [6.07, 6.45) is 1.02. The fourth-order valence-corrected chi connectivity index (χ4v) is 2.22. The lowest BCUT2D eigenvalue weighted by Crippen LogP contribution is -2.43. The van der Waals surface area contributed by atoms with Gasteiger partial charge in [0.25, 0.3) is 0 Å². The van der Waals surface area contributed by atoms with E-state index in [1.165, 1.54) is 7.11 Å². The highest BCUT2D eigenvalue weighted by Crippen LogP contribution is 2.20. The molecule has 0 aliphatic heterocycles. The smallest absolute Gasteiger partial charge is 0.328 e. The van der Waals surface area contributed by atoms with E-state index in [0.29, 0.717) is 24.6 Å². The van der Waals surface area contributed by atoms with Crippen LogP contribution < -0.4 is 10.1 Å². The number of nitrogens with zero attached hydrogens (tertiary/aromatic N) is 2. The van der Waals surface area contributed by atoms with Gasteiger partial charge in [0, 0.05) is 25.5 Å². The van der Waals surface area contributed by atoms with Gasteiger partial charge in [-0.1, -0.05) is 5.16 Å². The summed E-state index contributed by atoms with van der Waals surface area (Å²) in [6, 6.07) is 6.19. The molecule has 2 rings (SSSR count). The molecular weight excluding hydrogens is 342 g/mol. The summed E-state index contributed by atoms with van der Waals surface area (Å²) in [5.41, 5.74) is 0.794. The van der Waals surface area contributed by atoms with Gasteiger partial charge in [-0.25, -0.2) is 4.79 Å². The number of aryl methyl sites for hydroxylation is 1. The normalized spacial score (nSPS) is 11.8. The number of carboxylic acid groups (broad SMARTS) is 1. The molecule has 0 bridgehead atoms. The van der Waals surface area contributed by atoms with E-state index in [1.54, 1.807) is 19.2 Å². The second-order valence-corrected chi connectivity index (χ2v) is 5.51. The van der Waals surface area contributed by atoms with Gasteiger partial charge in [0.05, 0.1) is 13.7 Å². The maximum absolute atomic E-state index is 11.8. The number of nitrogens with one attached hydrogen (secondary N) is 1. The van der Waals surface area contributed by atoms with E-state index in [4.69, 9.17) is 19.1 Å². The van der Waals surface area contributed by atoms with Crippen molar-refractivity contribution in [2.45, 2.75) is 25.3 Å². The fourth-order valence-electron chi connectivity index (χ4n) is 2.22. The topological polar surface area (TPSA) is 124 Å². The first-order valence-corrected chi connectivity index (χ1v) is 8.01. The van der Waals surface area contributed by atoms with Crippen LogP contribution in [0.4, 0.5) is 0 Å². The standard InChI is InChI=1S/C17H21N3O6/c1-24-10-13(17(22)23)18-14(21)4-3-5-15-19-16(20-26-15)11-6-8-12(25-2)9-7-11/h6-9,13H,3-5,10H2,1-2H3,(H,18,21)(H,22,23). The molecule has 0 radical (unpaired) electrons. The Morgan fingerprint density at radius 1 is 1.27 bits per heavy atom. The monoisotopic (exact) mass is 363 g/mol. The second-order valence-electron chi connectivity index (χ2n) is 5.51. The molecule has 9 nitrogen and oxygen atoms in total. The predicted octanol–water partition coefficient (Wildman–Crippen LogP) is 1.28. The number of aromatic nitrogens is 2. The molecule has 140 valence electrons. The van der Waals surface area contributed by atoms with E-state index in [-0.39, 0.29) is 18.9 Å². The number of carbonyl (C=O) groups excluding carboxylic acids is 1. The van der Waals surface area contributed by atoms with Gasteiger partial charge in [-0.05, 0) is 30.7 Å². The molecule has 26 heavy (non-hydrogen) atoms. The Balaban J connectivity index is 1.82. The first-order valence-electron chi connectivity index (χ1n) is 8.01. The molecule has 2 N–H and O–H groups in total. The number of hydrogen-bond donors (Lipinski definition) is 2. The molecule has 0 aliphatic carbocycles. The molecular formula is C17H21N3O6. The Morgan fingerprint density at radius 3 is 2.62 bits per heavy atom. The van der Waals surface area contributed by atoms with Crippen molar-refractivity contribution < 1.29 is 28.7 Å². The molecule has 0 saturated heterocycles. The lowest BCUT2D eigenvalue weighted by Gasteiger charge is -2.12. The van der Waals surface area contributed by atoms with Gasteiger partial charge in [0.15, 0.2) is 6.04 Å². The highest BCUT2D eigenvalue weighted by atomic mass is 16.5. The Labute approximate surface area is 150 Å². The average Bonchev–Trinajstić information content (AvgIpc) is 3.10. The van der Waals surface area contributed by atoms with Gasteiger partial charge in [-0.2, -0.15) is 4.98 Å². The van der Waals surface area contributed by atoms with Crippen molar-refractivity contribution in [3.05, 3.63) is 30.2 Å². The van der Waals surface area contributed by atoms with Crippen molar-refractivity contribution in [3.63, 3.8) is 0 Å². The third kappa shape index (κ3) is 5.55. The molecule has 1 heterocycles. The zero-order valence-electron chi connectivity index (χ0n) is 14.6. The Kier molecular flexibility index (Phi) is 7.10. The van der Waals surface area contributed by atoms with Crippen LogP contribution in [0.15, 0.2) is 28.8 Å². The van der Waals surface area contributed by atoms with Gasteiger partial charge in [-0.15, -0.1) is 0 Å². The lowest BCUT2D eigenvalue weighted by atomic mass is 10.2. The molecule has 1 atom stereocenters. The summed E-state index contributed by atoms with van der Waals surface area (Å²) in [5.74, 6) is 0.0932. The molecule has 0 spiro atoms. The van der Waals surface area contributed by atoms with E-state index in [9.17, 15) is 9.59 Å². The summed E-state index contributed by atoms with van der Waals surface area (Å²) < 4.78 is 15.0. The molecule has 1 unspecified atom stereocenters. The minimum atomic E-state index is -1.14. The Hall–Kier alpha value is -2.94. The van der Waals surface area contributed by atoms with Crippen LogP contribution in [0.1, 0.15) is 18.7 Å². The second kappa shape index (κ2) is 9.52. The summed E-state index contributed by atoms with van der Waals surface area (Å²) >= 11 is 0. The minimum absolute atomic E-state index is 0.0873. The van der Waals surface area contributed by atoms with Crippen LogP contribution >= 0.6 is 0 Å². The molecule has 0 saturated carbocycles. The average molecular weight is 363 g/mol. The number of carboxylic acids is 1. The third-order valence-electron chi connectivity index (χ3n) is 3.58. The molecule has 1 aromatic carbocycles. The maximum Gasteiger partial charge on any atom is 0.328 e. The Bertz CT molecular complexity index is 728. The van der Waals surface area contributed by atoms with Gasteiger partial charge >= 0.3 is 5.97 Å². The van der Waals surface area contributed by atoms with E-state index in [1.807, 2.05) is 12.1 Å². The van der Waals surface area contributed by atoms with Crippen LogP contribution in [0, 0.1) is 0 Å². The van der Waals surface area contributed by atoms with Crippen LogP contribution in [0.5, 0.6) is 5.75 Å². The van der Waals surface area contributed by atoms with Crippen LogP contribution in [0.2, 0.25) is 0 Å². The fraction of sp³-hybridized carbons (Fsp3) is 0.412. The van der Waals surface area contributed by atoms with Crippen LogP contribution in [-0.2, 0) is 20.7 Å². The van der Waals surface area contributed by atoms with Crippen molar-refractivity contribution in [3.8, 4) is 17.1 Å². The maximum atomic E-state index is 11.8. The molecule has 0 fully saturated rings. The quantitative estimate of drug-likeness (QED) is 0.647. The van der Waals surface area contributed by atoms with Crippen LogP contribution in [0.25, 0.3) is 11.4 Å². The molecule has 1 aromatic heterocycles. The number of hydrogen-bond acceptors (Lipinski definition) is 7. The number of methoxy groups -OCH3 is 2. The number of benzene rings is 1. The first kappa shape index (κ1) is 19.4. The van der Waals surface area contributed by atoms with E-state index in [0.717, 1.165) is 11.3 Å². The van der Waals surface area contributed by atoms with Crippen molar-refractivity contribution >= 4 is 11.9 Å². The molecule has 0 aliphatic rings. The van der Waals surface area contributed by atoms with Gasteiger partial charge < -0.3 is 24.4 Å². The number of ether oxygens (including phenoxy) is 2. The largest absolute Gasteiger partial charge is 0.497 e. The summed E-state index contributed by atoms with van der Waals surface area (Å²) in [4.78, 5) is 27.1. The summed E-state index contributed by atoms with van der Waals surface area (Å²) in [5, 5.41) is 15.3. The van der Waals surface area contributed by atoms with Gasteiger partial charge in [0.2, 0.25) is 17.6 Å². The van der Waals surface area contributed by atoms with Crippen molar-refractivity contribution in [1.29, 1.82) is 0 Å². The van der Waals surface area contributed by atoms with Crippen molar-refractivity contribution in [1.82, 2.24) is 15.5 Å². The molecule has 1 amide bonds. The van der Waals surface area contributed by atoms with Crippen molar-refractivity contribution in [2.75, 3.05) is 20.8 Å². The van der Waals surface area contributed by atoms with Crippen LogP contribution in [-0.4, -0.2) is 54.0 Å². The van der Waals surface area contributed by atoms with Crippen molar-refractivity contribution in [2.24, 2.45) is 0 Å². The third-order valence-corrected chi connectivity index (χ3v) is 3.58. The van der Waals surface area contributed by atoms with Gasteiger partial charge in [-0.3, -0.25) is 4.79 Å². The predicted molar refractivity (Wildman–Crippen MR) is 90.7 cm³/mol. The highest BCUT2D eigenvalue weighted by Gasteiger charge is 2.19. The number of aliphatic carboxylic acids is 1. The van der Waals surface area contributed by atoms with Crippen LogP contribution in [0.3, 0.4) is 0 Å². The minimum Gasteiger partial charge on any atom is -0.497 e.